The summed E-state index contributed by atoms with van der Waals surface area (Å²) in [6.45, 7) is 6.35. The van der Waals surface area contributed by atoms with Crippen molar-refractivity contribution in [2.45, 2.75) is 45.2 Å². The van der Waals surface area contributed by atoms with Crippen LogP contribution in [0, 0.1) is 0 Å². The standard InChI is InChI=1S/C17H23ClN4O/c1-17(2,22-8-4-3-5-9-22)16(23)19-11-15-20-13-7-6-12(18)10-14(13)21-15/h6-7,10H,3-5,8-9,11H2,1-2H3,(H,19,23)(H,20,21). The molecule has 0 spiro atoms. The van der Waals surface area contributed by atoms with Crippen LogP contribution in [0.15, 0.2) is 18.2 Å². The van der Waals surface area contributed by atoms with Gasteiger partial charge in [-0.3, -0.25) is 9.69 Å². The van der Waals surface area contributed by atoms with E-state index < -0.39 is 5.54 Å². The van der Waals surface area contributed by atoms with E-state index in [1.807, 2.05) is 32.0 Å². The summed E-state index contributed by atoms with van der Waals surface area (Å²) < 4.78 is 0. The number of imidazole rings is 1. The van der Waals surface area contributed by atoms with Crippen molar-refractivity contribution in [3.05, 3.63) is 29.0 Å². The Kier molecular flexibility index (Phi) is 4.60. The highest BCUT2D eigenvalue weighted by molar-refractivity contribution is 6.31. The molecule has 2 aromatic rings. The zero-order chi connectivity index (χ0) is 16.4. The monoisotopic (exact) mass is 334 g/mol. The Morgan fingerprint density at radius 2 is 2.09 bits per heavy atom. The molecule has 1 fully saturated rings. The summed E-state index contributed by atoms with van der Waals surface area (Å²) in [6, 6.07) is 5.52. The number of likely N-dealkylation sites (tertiary alicyclic amines) is 1. The summed E-state index contributed by atoms with van der Waals surface area (Å²) in [4.78, 5) is 22.5. The van der Waals surface area contributed by atoms with E-state index in [1.54, 1.807) is 0 Å². The van der Waals surface area contributed by atoms with E-state index in [4.69, 9.17) is 11.6 Å². The largest absolute Gasteiger partial charge is 0.347 e. The van der Waals surface area contributed by atoms with Gasteiger partial charge in [-0.05, 0) is 58.0 Å². The lowest BCUT2D eigenvalue weighted by atomic mass is 9.97. The molecule has 0 aliphatic carbocycles. The summed E-state index contributed by atoms with van der Waals surface area (Å²) >= 11 is 5.98. The summed E-state index contributed by atoms with van der Waals surface area (Å²) in [5, 5.41) is 3.67. The van der Waals surface area contributed by atoms with Crippen molar-refractivity contribution in [2.24, 2.45) is 0 Å². The third-order valence-corrected chi connectivity index (χ3v) is 4.85. The first kappa shape index (κ1) is 16.3. The van der Waals surface area contributed by atoms with E-state index in [2.05, 4.69) is 20.2 Å². The molecule has 2 N–H and O–H groups in total. The molecule has 1 aromatic heterocycles. The number of halogens is 1. The fraction of sp³-hybridized carbons (Fsp3) is 0.529. The van der Waals surface area contributed by atoms with Crippen LogP contribution >= 0.6 is 11.6 Å². The predicted octanol–water partition coefficient (Wildman–Crippen LogP) is 3.10. The third-order valence-electron chi connectivity index (χ3n) is 4.61. The number of hydrogen-bond donors (Lipinski definition) is 2. The fourth-order valence-corrected chi connectivity index (χ4v) is 3.27. The fourth-order valence-electron chi connectivity index (χ4n) is 3.10. The Labute approximate surface area is 141 Å². The molecule has 3 rings (SSSR count). The Hall–Kier alpha value is -1.59. The number of aromatic amines is 1. The van der Waals surface area contributed by atoms with E-state index in [9.17, 15) is 4.79 Å². The minimum Gasteiger partial charge on any atom is -0.347 e. The average molecular weight is 335 g/mol. The third kappa shape index (κ3) is 3.51. The highest BCUT2D eigenvalue weighted by atomic mass is 35.5. The molecule has 5 nitrogen and oxygen atoms in total. The van der Waals surface area contributed by atoms with Crippen LogP contribution in [0.1, 0.15) is 38.9 Å². The molecule has 1 saturated heterocycles. The molecule has 1 amide bonds. The van der Waals surface area contributed by atoms with Crippen molar-refractivity contribution in [3.8, 4) is 0 Å². The van der Waals surface area contributed by atoms with Gasteiger partial charge in [-0.25, -0.2) is 4.98 Å². The number of rotatable bonds is 4. The van der Waals surface area contributed by atoms with E-state index in [0.29, 0.717) is 11.6 Å². The maximum Gasteiger partial charge on any atom is 0.240 e. The first-order valence-electron chi connectivity index (χ1n) is 8.14. The molecular formula is C17H23ClN4O. The highest BCUT2D eigenvalue weighted by Gasteiger charge is 2.34. The van der Waals surface area contributed by atoms with Crippen LogP contribution in [0.3, 0.4) is 0 Å². The predicted molar refractivity (Wildman–Crippen MR) is 92.5 cm³/mol. The van der Waals surface area contributed by atoms with Gasteiger partial charge in [0.1, 0.15) is 5.82 Å². The molecule has 1 aliphatic rings. The highest BCUT2D eigenvalue weighted by Crippen LogP contribution is 2.21. The summed E-state index contributed by atoms with van der Waals surface area (Å²) in [5.41, 5.74) is 1.25. The number of benzene rings is 1. The normalized spacial score (nSPS) is 16.7. The van der Waals surface area contributed by atoms with Crippen molar-refractivity contribution in [1.29, 1.82) is 0 Å². The lowest BCUT2D eigenvalue weighted by Crippen LogP contribution is -2.56. The van der Waals surface area contributed by atoms with E-state index in [0.717, 1.165) is 29.9 Å². The molecule has 23 heavy (non-hydrogen) atoms. The first-order valence-corrected chi connectivity index (χ1v) is 8.52. The maximum atomic E-state index is 12.6. The van der Waals surface area contributed by atoms with E-state index in [1.165, 1.54) is 19.3 Å². The Morgan fingerprint density at radius 1 is 1.35 bits per heavy atom. The van der Waals surface area contributed by atoms with Gasteiger partial charge in [0.05, 0.1) is 23.1 Å². The van der Waals surface area contributed by atoms with Crippen LogP contribution in [-0.2, 0) is 11.3 Å². The number of amides is 1. The van der Waals surface area contributed by atoms with E-state index >= 15 is 0 Å². The molecule has 1 aromatic carbocycles. The number of fused-ring (bicyclic) bond motifs is 1. The van der Waals surface area contributed by atoms with Gasteiger partial charge < -0.3 is 10.3 Å². The molecule has 0 bridgehead atoms. The van der Waals surface area contributed by atoms with Gasteiger partial charge in [0.2, 0.25) is 5.91 Å². The number of carbonyl (C=O) groups is 1. The minimum atomic E-state index is -0.490. The SMILES string of the molecule is CC(C)(C(=O)NCc1nc2ccc(Cl)cc2[nH]1)N1CCCCC1. The van der Waals surface area contributed by atoms with Crippen molar-refractivity contribution in [2.75, 3.05) is 13.1 Å². The number of nitrogens with one attached hydrogen (secondary N) is 2. The van der Waals surface area contributed by atoms with Gasteiger partial charge in [-0.2, -0.15) is 0 Å². The zero-order valence-corrected chi connectivity index (χ0v) is 14.4. The lowest BCUT2D eigenvalue weighted by Gasteiger charge is -2.39. The first-order chi connectivity index (χ1) is 11.0. The Balaban J connectivity index is 1.65. The van der Waals surface area contributed by atoms with Crippen molar-refractivity contribution >= 4 is 28.5 Å². The van der Waals surface area contributed by atoms with Crippen LogP contribution in [0.4, 0.5) is 0 Å². The Morgan fingerprint density at radius 3 is 2.83 bits per heavy atom. The van der Waals surface area contributed by atoms with Crippen molar-refractivity contribution < 1.29 is 4.79 Å². The number of hydrogen-bond acceptors (Lipinski definition) is 3. The Bertz CT molecular complexity index is 704. The van der Waals surface area contributed by atoms with Gasteiger partial charge in [-0.1, -0.05) is 18.0 Å². The number of H-pyrrole nitrogens is 1. The van der Waals surface area contributed by atoms with Gasteiger partial charge >= 0.3 is 0 Å². The van der Waals surface area contributed by atoms with Crippen LogP contribution in [0.25, 0.3) is 11.0 Å². The molecule has 2 heterocycles. The van der Waals surface area contributed by atoms with Crippen LogP contribution in [-0.4, -0.2) is 39.4 Å². The minimum absolute atomic E-state index is 0.0397. The number of carbonyl (C=O) groups excluding carboxylic acids is 1. The van der Waals surface area contributed by atoms with Gasteiger partial charge in [0.25, 0.3) is 0 Å². The second kappa shape index (κ2) is 6.49. The van der Waals surface area contributed by atoms with Crippen LogP contribution in [0.5, 0.6) is 0 Å². The van der Waals surface area contributed by atoms with Gasteiger partial charge in [0.15, 0.2) is 0 Å². The molecule has 0 saturated carbocycles. The molecule has 0 unspecified atom stereocenters. The quantitative estimate of drug-likeness (QED) is 0.903. The van der Waals surface area contributed by atoms with E-state index in [-0.39, 0.29) is 5.91 Å². The second-order valence-electron chi connectivity index (χ2n) is 6.63. The maximum absolute atomic E-state index is 12.6. The zero-order valence-electron chi connectivity index (χ0n) is 13.7. The molecule has 0 atom stereocenters. The number of nitrogens with zero attached hydrogens (tertiary/aromatic N) is 2. The molecule has 6 heteroatoms. The smallest absolute Gasteiger partial charge is 0.240 e. The lowest BCUT2D eigenvalue weighted by molar-refractivity contribution is -0.132. The van der Waals surface area contributed by atoms with Crippen molar-refractivity contribution in [3.63, 3.8) is 0 Å². The number of piperidine rings is 1. The summed E-state index contributed by atoms with van der Waals surface area (Å²) in [7, 11) is 0. The molecule has 1 aliphatic heterocycles. The summed E-state index contributed by atoms with van der Waals surface area (Å²) in [6.07, 6.45) is 3.60. The molecule has 0 radical (unpaired) electrons. The van der Waals surface area contributed by atoms with Gasteiger partial charge in [0, 0.05) is 5.02 Å². The second-order valence-corrected chi connectivity index (χ2v) is 7.07. The topological polar surface area (TPSA) is 61.0 Å². The van der Waals surface area contributed by atoms with Crippen molar-refractivity contribution in [1.82, 2.24) is 20.2 Å². The summed E-state index contributed by atoms with van der Waals surface area (Å²) in [5.74, 6) is 0.781. The molecule has 124 valence electrons. The van der Waals surface area contributed by atoms with Crippen LogP contribution in [0.2, 0.25) is 5.02 Å². The average Bonchev–Trinajstić information content (AvgIpc) is 2.95. The van der Waals surface area contributed by atoms with Crippen LogP contribution < -0.4 is 5.32 Å². The number of aromatic nitrogens is 2. The van der Waals surface area contributed by atoms with Gasteiger partial charge in [-0.15, -0.1) is 0 Å². The molecular weight excluding hydrogens is 312 g/mol.